The van der Waals surface area contributed by atoms with Crippen LogP contribution in [0.2, 0.25) is 0 Å². The Hall–Kier alpha value is -1.66. The van der Waals surface area contributed by atoms with E-state index in [-0.39, 0.29) is 31.0 Å². The second-order valence-electron chi connectivity index (χ2n) is 6.73. The first-order valence-corrected chi connectivity index (χ1v) is 8.54. The van der Waals surface area contributed by atoms with Crippen LogP contribution in [0.15, 0.2) is 18.2 Å². The number of urea groups is 1. The average Bonchev–Trinajstić information content (AvgIpc) is 2.52. The van der Waals surface area contributed by atoms with Crippen molar-refractivity contribution in [2.45, 2.75) is 45.3 Å². The molecule has 1 aliphatic rings. The number of benzene rings is 1. The molecule has 1 aromatic rings. The Labute approximate surface area is 142 Å². The van der Waals surface area contributed by atoms with Gasteiger partial charge in [-0.2, -0.15) is 0 Å². The van der Waals surface area contributed by atoms with E-state index in [4.69, 9.17) is 4.74 Å². The predicted octanol–water partition coefficient (Wildman–Crippen LogP) is 2.54. The molecule has 0 saturated carbocycles. The summed E-state index contributed by atoms with van der Waals surface area (Å²) in [4.78, 5) is 12.0. The number of fused-ring (bicyclic) bond motifs is 1. The lowest BCUT2D eigenvalue weighted by atomic mass is 9.88. The Bertz CT molecular complexity index is 551. The van der Waals surface area contributed by atoms with Gasteiger partial charge in [0.15, 0.2) is 0 Å². The van der Waals surface area contributed by atoms with Crippen molar-refractivity contribution >= 4 is 6.03 Å². The molecule has 3 N–H and O–H groups in total. The summed E-state index contributed by atoms with van der Waals surface area (Å²) in [6.45, 7) is 4.98. The number of nitrogens with one attached hydrogen (secondary N) is 2. The summed E-state index contributed by atoms with van der Waals surface area (Å²) in [7, 11) is 0. The van der Waals surface area contributed by atoms with E-state index < -0.39 is 6.10 Å². The second-order valence-corrected chi connectivity index (χ2v) is 6.73. The van der Waals surface area contributed by atoms with Crippen molar-refractivity contribution in [2.24, 2.45) is 5.92 Å². The van der Waals surface area contributed by atoms with Crippen LogP contribution in [-0.4, -0.2) is 37.0 Å². The highest BCUT2D eigenvalue weighted by Gasteiger charge is 2.22. The lowest BCUT2D eigenvalue weighted by Gasteiger charge is -2.26. The molecule has 2 atom stereocenters. The standard InChI is InChI=1S/C18H27FN2O3/c1-12(2)10-24-11-15(22)9-20-18(23)21-17-5-3-4-13-8-14(19)6-7-16(13)17/h6-8,12,15,17,22H,3-5,9-11H2,1-2H3,(H2,20,21,23). The zero-order valence-electron chi connectivity index (χ0n) is 14.3. The summed E-state index contributed by atoms with van der Waals surface area (Å²) in [6.07, 6.45) is 1.83. The summed E-state index contributed by atoms with van der Waals surface area (Å²) in [5.41, 5.74) is 1.92. The van der Waals surface area contributed by atoms with Gasteiger partial charge in [-0.3, -0.25) is 0 Å². The highest BCUT2D eigenvalue weighted by Crippen LogP contribution is 2.30. The van der Waals surface area contributed by atoms with E-state index in [1.54, 1.807) is 6.07 Å². The van der Waals surface area contributed by atoms with Gasteiger partial charge in [-0.05, 0) is 48.4 Å². The van der Waals surface area contributed by atoms with Gasteiger partial charge in [0, 0.05) is 13.2 Å². The minimum atomic E-state index is -0.734. The number of aliphatic hydroxyl groups excluding tert-OH is 1. The Morgan fingerprint density at radius 2 is 2.21 bits per heavy atom. The molecular formula is C18H27FN2O3. The summed E-state index contributed by atoms with van der Waals surface area (Å²) in [5, 5.41) is 15.4. The summed E-state index contributed by atoms with van der Waals surface area (Å²) in [6, 6.07) is 4.25. The van der Waals surface area contributed by atoms with E-state index in [0.717, 1.165) is 30.4 Å². The van der Waals surface area contributed by atoms with Crippen LogP contribution in [0.25, 0.3) is 0 Å². The maximum absolute atomic E-state index is 13.3. The number of hydrogen-bond donors (Lipinski definition) is 3. The van der Waals surface area contributed by atoms with E-state index >= 15 is 0 Å². The topological polar surface area (TPSA) is 70.6 Å². The van der Waals surface area contributed by atoms with Crippen molar-refractivity contribution < 1.29 is 19.0 Å². The van der Waals surface area contributed by atoms with Crippen LogP contribution in [0.4, 0.5) is 9.18 Å². The molecule has 0 saturated heterocycles. The Kier molecular flexibility index (Phi) is 6.99. The van der Waals surface area contributed by atoms with Gasteiger partial charge in [0.05, 0.1) is 18.8 Å². The van der Waals surface area contributed by atoms with Crippen LogP contribution in [0.1, 0.15) is 43.9 Å². The van der Waals surface area contributed by atoms with E-state index in [0.29, 0.717) is 12.5 Å². The zero-order valence-corrected chi connectivity index (χ0v) is 14.3. The summed E-state index contributed by atoms with van der Waals surface area (Å²) >= 11 is 0. The molecule has 2 amide bonds. The monoisotopic (exact) mass is 338 g/mol. The molecule has 5 nitrogen and oxygen atoms in total. The first-order chi connectivity index (χ1) is 11.5. The van der Waals surface area contributed by atoms with Crippen LogP contribution in [0.3, 0.4) is 0 Å². The Morgan fingerprint density at radius 1 is 1.42 bits per heavy atom. The van der Waals surface area contributed by atoms with Crippen LogP contribution in [-0.2, 0) is 11.2 Å². The lowest BCUT2D eigenvalue weighted by molar-refractivity contribution is 0.0272. The number of carbonyl (C=O) groups excluding carboxylic acids is 1. The zero-order chi connectivity index (χ0) is 17.5. The molecule has 1 aromatic carbocycles. The largest absolute Gasteiger partial charge is 0.389 e. The predicted molar refractivity (Wildman–Crippen MR) is 90.3 cm³/mol. The molecule has 0 fully saturated rings. The van der Waals surface area contributed by atoms with E-state index in [1.807, 2.05) is 13.8 Å². The van der Waals surface area contributed by atoms with Gasteiger partial charge in [0.2, 0.25) is 0 Å². The first-order valence-electron chi connectivity index (χ1n) is 8.54. The number of amides is 2. The second kappa shape index (κ2) is 8.99. The van der Waals surface area contributed by atoms with Gasteiger partial charge in [-0.15, -0.1) is 0 Å². The molecule has 134 valence electrons. The number of aliphatic hydroxyl groups is 1. The molecule has 2 rings (SSSR count). The molecule has 0 radical (unpaired) electrons. The van der Waals surface area contributed by atoms with Crippen molar-refractivity contribution in [1.82, 2.24) is 10.6 Å². The van der Waals surface area contributed by atoms with Gasteiger partial charge in [-0.1, -0.05) is 19.9 Å². The highest BCUT2D eigenvalue weighted by molar-refractivity contribution is 5.74. The van der Waals surface area contributed by atoms with E-state index in [2.05, 4.69) is 10.6 Å². The van der Waals surface area contributed by atoms with Crippen molar-refractivity contribution in [2.75, 3.05) is 19.8 Å². The van der Waals surface area contributed by atoms with E-state index in [9.17, 15) is 14.3 Å². The van der Waals surface area contributed by atoms with Crippen LogP contribution < -0.4 is 10.6 Å². The molecule has 6 heteroatoms. The van der Waals surface area contributed by atoms with Crippen molar-refractivity contribution in [3.05, 3.63) is 35.1 Å². The molecule has 1 aliphatic carbocycles. The molecule has 0 bridgehead atoms. The number of aryl methyl sites for hydroxylation is 1. The van der Waals surface area contributed by atoms with Gasteiger partial charge < -0.3 is 20.5 Å². The molecule has 24 heavy (non-hydrogen) atoms. The number of halogens is 1. The third-order valence-corrected chi connectivity index (χ3v) is 3.98. The summed E-state index contributed by atoms with van der Waals surface area (Å²) < 4.78 is 18.6. The summed E-state index contributed by atoms with van der Waals surface area (Å²) in [5.74, 6) is 0.160. The fraction of sp³-hybridized carbons (Fsp3) is 0.611. The fourth-order valence-corrected chi connectivity index (χ4v) is 2.85. The highest BCUT2D eigenvalue weighted by atomic mass is 19.1. The van der Waals surface area contributed by atoms with Gasteiger partial charge in [0.25, 0.3) is 0 Å². The quantitative estimate of drug-likeness (QED) is 0.715. The van der Waals surface area contributed by atoms with Gasteiger partial charge >= 0.3 is 6.03 Å². The molecule has 0 heterocycles. The van der Waals surface area contributed by atoms with Crippen LogP contribution in [0.5, 0.6) is 0 Å². The van der Waals surface area contributed by atoms with Crippen LogP contribution in [0, 0.1) is 11.7 Å². The number of ether oxygens (including phenoxy) is 1. The van der Waals surface area contributed by atoms with Gasteiger partial charge in [0.1, 0.15) is 5.82 Å². The molecule has 2 unspecified atom stereocenters. The van der Waals surface area contributed by atoms with Crippen molar-refractivity contribution in [1.29, 1.82) is 0 Å². The molecule has 0 aromatic heterocycles. The molecule has 0 aliphatic heterocycles. The average molecular weight is 338 g/mol. The minimum absolute atomic E-state index is 0.122. The fourth-order valence-electron chi connectivity index (χ4n) is 2.85. The van der Waals surface area contributed by atoms with Crippen molar-refractivity contribution in [3.63, 3.8) is 0 Å². The van der Waals surface area contributed by atoms with Gasteiger partial charge in [-0.25, -0.2) is 9.18 Å². The van der Waals surface area contributed by atoms with E-state index in [1.165, 1.54) is 12.1 Å². The number of rotatable bonds is 7. The van der Waals surface area contributed by atoms with Crippen LogP contribution >= 0.6 is 0 Å². The number of carbonyl (C=O) groups is 1. The number of hydrogen-bond acceptors (Lipinski definition) is 3. The third-order valence-electron chi connectivity index (χ3n) is 3.98. The smallest absolute Gasteiger partial charge is 0.315 e. The molecule has 0 spiro atoms. The normalized spacial score (nSPS) is 18.1. The third kappa shape index (κ3) is 5.76. The maximum atomic E-state index is 13.3. The molecular weight excluding hydrogens is 311 g/mol. The Balaban J connectivity index is 1.77. The lowest BCUT2D eigenvalue weighted by Crippen LogP contribution is -2.43. The maximum Gasteiger partial charge on any atom is 0.315 e. The Morgan fingerprint density at radius 3 is 2.96 bits per heavy atom. The first kappa shape index (κ1) is 18.7. The SMILES string of the molecule is CC(C)COCC(O)CNC(=O)NC1CCCc2cc(F)ccc21. The minimum Gasteiger partial charge on any atom is -0.389 e. The van der Waals surface area contributed by atoms with Crippen molar-refractivity contribution in [3.8, 4) is 0 Å².